The Bertz CT molecular complexity index is 911. The van der Waals surface area contributed by atoms with Gasteiger partial charge in [0, 0.05) is 18.7 Å². The van der Waals surface area contributed by atoms with Crippen LogP contribution in [0.1, 0.15) is 22.3 Å². The van der Waals surface area contributed by atoms with Crippen LogP contribution in [0.25, 0.3) is 0 Å². The normalized spacial score (nSPS) is 18.0. The van der Waals surface area contributed by atoms with Crippen LogP contribution in [-0.2, 0) is 16.4 Å². The number of ether oxygens (including phenoxy) is 1. The third kappa shape index (κ3) is 3.73. The van der Waals surface area contributed by atoms with Crippen LogP contribution in [0.3, 0.4) is 0 Å². The second kappa shape index (κ2) is 7.47. The van der Waals surface area contributed by atoms with Crippen LogP contribution in [0.2, 0.25) is 0 Å². The third-order valence-corrected chi connectivity index (χ3v) is 6.58. The summed E-state index contributed by atoms with van der Waals surface area (Å²) < 4.78 is 32.6. The second-order valence-electron chi connectivity index (χ2n) is 6.44. The standard InChI is InChI=1S/C19H22N2O4S/c1-25-17-7-2-3-8-18(17)26(23,24)21-10-9-15(13-21)11-14-5-4-6-16(12-14)19(20)22/h2-8,12,15H,9-11,13H2,1H3,(H2,20,22). The van der Waals surface area contributed by atoms with Gasteiger partial charge in [0.1, 0.15) is 10.6 Å². The summed E-state index contributed by atoms with van der Waals surface area (Å²) in [5, 5.41) is 0. The van der Waals surface area contributed by atoms with Crippen molar-refractivity contribution in [2.24, 2.45) is 11.7 Å². The maximum Gasteiger partial charge on any atom is 0.248 e. The van der Waals surface area contributed by atoms with Gasteiger partial charge in [0.2, 0.25) is 15.9 Å². The lowest BCUT2D eigenvalue weighted by Gasteiger charge is -2.18. The van der Waals surface area contributed by atoms with Crippen molar-refractivity contribution >= 4 is 15.9 Å². The van der Waals surface area contributed by atoms with E-state index in [0.717, 1.165) is 12.0 Å². The topological polar surface area (TPSA) is 89.7 Å². The van der Waals surface area contributed by atoms with Crippen molar-refractivity contribution in [2.75, 3.05) is 20.2 Å². The summed E-state index contributed by atoms with van der Waals surface area (Å²) in [5.74, 6) is 0.0892. The average Bonchev–Trinajstić information content (AvgIpc) is 3.11. The number of carbonyl (C=O) groups excluding carboxylic acids is 1. The molecular formula is C19H22N2O4S. The highest BCUT2D eigenvalue weighted by Gasteiger charge is 2.34. The molecule has 0 spiro atoms. The molecule has 0 aromatic heterocycles. The molecule has 1 aliphatic rings. The molecule has 7 heteroatoms. The van der Waals surface area contributed by atoms with Crippen LogP contribution in [0.15, 0.2) is 53.4 Å². The Balaban J connectivity index is 1.74. The van der Waals surface area contributed by atoms with E-state index in [-0.39, 0.29) is 10.8 Å². The maximum atomic E-state index is 12.9. The number of amides is 1. The predicted octanol–water partition coefficient (Wildman–Crippen LogP) is 2.05. The first-order chi connectivity index (χ1) is 12.4. The van der Waals surface area contributed by atoms with Crippen LogP contribution in [0.5, 0.6) is 5.75 Å². The van der Waals surface area contributed by atoms with Crippen molar-refractivity contribution in [1.82, 2.24) is 4.31 Å². The highest BCUT2D eigenvalue weighted by Crippen LogP contribution is 2.31. The number of hydrogen-bond acceptors (Lipinski definition) is 4. The second-order valence-corrected chi connectivity index (χ2v) is 8.34. The molecule has 0 aliphatic carbocycles. The molecule has 1 fully saturated rings. The van der Waals surface area contributed by atoms with Crippen molar-refractivity contribution in [1.29, 1.82) is 0 Å². The van der Waals surface area contributed by atoms with Gasteiger partial charge < -0.3 is 10.5 Å². The van der Waals surface area contributed by atoms with Gasteiger partial charge >= 0.3 is 0 Å². The molecule has 1 saturated heterocycles. The molecule has 0 saturated carbocycles. The largest absolute Gasteiger partial charge is 0.495 e. The van der Waals surface area contributed by atoms with Crippen LogP contribution < -0.4 is 10.5 Å². The molecule has 1 amide bonds. The molecule has 2 aromatic rings. The van der Waals surface area contributed by atoms with E-state index in [4.69, 9.17) is 10.5 Å². The lowest BCUT2D eigenvalue weighted by atomic mass is 9.97. The van der Waals surface area contributed by atoms with Crippen LogP contribution in [-0.4, -0.2) is 38.8 Å². The van der Waals surface area contributed by atoms with Crippen molar-refractivity contribution < 1.29 is 17.9 Å². The van der Waals surface area contributed by atoms with Gasteiger partial charge in [-0.15, -0.1) is 0 Å². The summed E-state index contributed by atoms with van der Waals surface area (Å²) in [7, 11) is -2.13. The van der Waals surface area contributed by atoms with Crippen molar-refractivity contribution in [3.05, 3.63) is 59.7 Å². The number of hydrogen-bond donors (Lipinski definition) is 1. The van der Waals surface area contributed by atoms with Gasteiger partial charge in [0.15, 0.2) is 0 Å². The van der Waals surface area contributed by atoms with E-state index in [1.165, 1.54) is 11.4 Å². The van der Waals surface area contributed by atoms with E-state index in [0.29, 0.717) is 30.8 Å². The van der Waals surface area contributed by atoms with Gasteiger partial charge in [-0.3, -0.25) is 4.79 Å². The van der Waals surface area contributed by atoms with E-state index < -0.39 is 15.9 Å². The summed E-state index contributed by atoms with van der Waals surface area (Å²) >= 11 is 0. The zero-order valence-corrected chi connectivity index (χ0v) is 15.4. The average molecular weight is 374 g/mol. The molecule has 0 radical (unpaired) electrons. The Kier molecular flexibility index (Phi) is 5.29. The Hall–Kier alpha value is -2.38. The molecule has 0 bridgehead atoms. The lowest BCUT2D eigenvalue weighted by Crippen LogP contribution is -2.29. The molecule has 6 nitrogen and oxygen atoms in total. The fraction of sp³-hybridized carbons (Fsp3) is 0.316. The zero-order valence-electron chi connectivity index (χ0n) is 14.6. The Morgan fingerprint density at radius 3 is 2.73 bits per heavy atom. The Morgan fingerprint density at radius 1 is 1.23 bits per heavy atom. The van der Waals surface area contributed by atoms with E-state index in [9.17, 15) is 13.2 Å². The number of primary amides is 1. The Labute approximate surface area is 153 Å². The van der Waals surface area contributed by atoms with Crippen molar-refractivity contribution in [3.63, 3.8) is 0 Å². The van der Waals surface area contributed by atoms with Gasteiger partial charge in [-0.25, -0.2) is 8.42 Å². The highest BCUT2D eigenvalue weighted by atomic mass is 32.2. The molecule has 2 aromatic carbocycles. The summed E-state index contributed by atoms with van der Waals surface area (Å²) in [6.07, 6.45) is 1.48. The number of sulfonamides is 1. The van der Waals surface area contributed by atoms with Crippen LogP contribution >= 0.6 is 0 Å². The van der Waals surface area contributed by atoms with E-state index >= 15 is 0 Å². The summed E-state index contributed by atoms with van der Waals surface area (Å²) in [6, 6.07) is 13.8. The van der Waals surface area contributed by atoms with Gasteiger partial charge in [0.25, 0.3) is 0 Å². The quantitative estimate of drug-likeness (QED) is 0.838. The summed E-state index contributed by atoms with van der Waals surface area (Å²) in [5.41, 5.74) is 6.78. The number of nitrogens with zero attached hydrogens (tertiary/aromatic N) is 1. The van der Waals surface area contributed by atoms with Crippen molar-refractivity contribution in [2.45, 2.75) is 17.7 Å². The molecule has 1 aliphatic heterocycles. The van der Waals surface area contributed by atoms with Gasteiger partial charge in [-0.2, -0.15) is 4.31 Å². The Morgan fingerprint density at radius 2 is 2.00 bits per heavy atom. The fourth-order valence-electron chi connectivity index (χ4n) is 3.34. The third-order valence-electron chi connectivity index (χ3n) is 4.67. The molecule has 138 valence electrons. The first kappa shape index (κ1) is 18.4. The van der Waals surface area contributed by atoms with Gasteiger partial charge in [-0.05, 0) is 48.6 Å². The SMILES string of the molecule is COc1ccccc1S(=O)(=O)N1CCC(Cc2cccc(C(N)=O)c2)C1. The molecule has 26 heavy (non-hydrogen) atoms. The number of para-hydroxylation sites is 1. The van der Waals surface area contributed by atoms with Gasteiger partial charge in [-0.1, -0.05) is 24.3 Å². The minimum Gasteiger partial charge on any atom is -0.495 e. The molecule has 1 heterocycles. The number of methoxy groups -OCH3 is 1. The minimum absolute atomic E-state index is 0.193. The fourth-order valence-corrected chi connectivity index (χ4v) is 5.03. The van der Waals surface area contributed by atoms with E-state index in [1.54, 1.807) is 42.5 Å². The zero-order chi connectivity index (χ0) is 18.7. The summed E-state index contributed by atoms with van der Waals surface area (Å²) in [4.78, 5) is 11.5. The minimum atomic E-state index is -3.59. The first-order valence-corrected chi connectivity index (χ1v) is 9.87. The number of rotatable bonds is 6. The van der Waals surface area contributed by atoms with Gasteiger partial charge in [0.05, 0.1) is 7.11 Å². The monoisotopic (exact) mass is 374 g/mol. The molecule has 1 unspecified atom stereocenters. The number of carbonyl (C=O) groups is 1. The maximum absolute atomic E-state index is 12.9. The van der Waals surface area contributed by atoms with E-state index in [2.05, 4.69) is 0 Å². The molecule has 2 N–H and O–H groups in total. The molecule has 1 atom stereocenters. The van der Waals surface area contributed by atoms with Crippen molar-refractivity contribution in [3.8, 4) is 5.75 Å². The lowest BCUT2D eigenvalue weighted by molar-refractivity contribution is 0.1000. The number of benzene rings is 2. The number of nitrogens with two attached hydrogens (primary N) is 1. The van der Waals surface area contributed by atoms with Crippen LogP contribution in [0.4, 0.5) is 0 Å². The predicted molar refractivity (Wildman–Crippen MR) is 98.5 cm³/mol. The molecule has 3 rings (SSSR count). The summed E-state index contributed by atoms with van der Waals surface area (Å²) in [6.45, 7) is 0.918. The molecular weight excluding hydrogens is 352 g/mol. The smallest absolute Gasteiger partial charge is 0.248 e. The first-order valence-electron chi connectivity index (χ1n) is 8.43. The highest BCUT2D eigenvalue weighted by molar-refractivity contribution is 7.89. The van der Waals surface area contributed by atoms with Crippen LogP contribution in [0, 0.1) is 5.92 Å². The van der Waals surface area contributed by atoms with E-state index in [1.807, 2.05) is 6.07 Å².